The average molecular weight is 540 g/mol. The molecule has 0 aliphatic carbocycles. The van der Waals surface area contributed by atoms with Crippen molar-refractivity contribution in [3.8, 4) is 0 Å². The van der Waals surface area contributed by atoms with Crippen LogP contribution >= 0.6 is 0 Å². The van der Waals surface area contributed by atoms with Crippen molar-refractivity contribution >= 4 is 28.7 Å². The molecule has 0 heterocycles. The van der Waals surface area contributed by atoms with Crippen molar-refractivity contribution in [2.75, 3.05) is 0 Å². The molecule has 0 aliphatic heterocycles. The van der Waals surface area contributed by atoms with E-state index in [1.165, 1.54) is 52.7 Å². The Kier molecular flexibility index (Phi) is 14.3. The number of hydrogen-bond donors (Lipinski definition) is 0. The molecule has 0 saturated heterocycles. The first kappa shape index (κ1) is 31.6. The van der Waals surface area contributed by atoms with E-state index in [1.807, 2.05) is 0 Å². The monoisotopic (exact) mass is 540 g/mol. The van der Waals surface area contributed by atoms with Gasteiger partial charge in [-0.2, -0.15) is 6.07 Å². The standard InChI is InChI=1S/C10H9.3C7H6O2.Ti/c1-8-6-9-4-2-3-5-10(9)7-8;3*8-7(9)6-4-2-1-3-5-6;/h2-7H,1H3;3*1-5H,(H,8,9);/q-1;;;;+4/p-3. The molecule has 0 N–H and O–H groups in total. The first-order valence-corrected chi connectivity index (χ1v) is 11.2. The molecule has 0 radical (unpaired) electrons. The maximum absolute atomic E-state index is 10.1. The summed E-state index contributed by atoms with van der Waals surface area (Å²) in [4.78, 5) is 30.3. The van der Waals surface area contributed by atoms with Gasteiger partial charge in [-0.25, -0.2) is 0 Å². The van der Waals surface area contributed by atoms with E-state index in [1.54, 1.807) is 54.6 Å². The molecule has 38 heavy (non-hydrogen) atoms. The minimum Gasteiger partial charge on any atom is -0.545 e. The number of rotatable bonds is 3. The van der Waals surface area contributed by atoms with Crippen LogP contribution < -0.4 is 15.3 Å². The van der Waals surface area contributed by atoms with E-state index >= 15 is 0 Å². The van der Waals surface area contributed by atoms with Crippen molar-refractivity contribution in [3.05, 3.63) is 150 Å². The fourth-order valence-electron chi connectivity index (χ4n) is 3.03. The Bertz CT molecular complexity index is 1250. The molecular formula is C31H24O6Ti. The van der Waals surface area contributed by atoms with Gasteiger partial charge in [-0.15, -0.1) is 40.6 Å². The zero-order valence-electron chi connectivity index (χ0n) is 20.6. The van der Waals surface area contributed by atoms with Crippen LogP contribution in [0.3, 0.4) is 0 Å². The molecule has 0 amide bonds. The van der Waals surface area contributed by atoms with Gasteiger partial charge in [0.2, 0.25) is 0 Å². The van der Waals surface area contributed by atoms with Crippen LogP contribution in [0.25, 0.3) is 10.8 Å². The normalized spacial score (nSPS) is 9.08. The maximum atomic E-state index is 10.1. The molecule has 5 rings (SSSR count). The molecule has 0 aliphatic rings. The van der Waals surface area contributed by atoms with Gasteiger partial charge >= 0.3 is 21.7 Å². The second-order valence-corrected chi connectivity index (χ2v) is 7.62. The molecule has 0 saturated carbocycles. The van der Waals surface area contributed by atoms with E-state index in [0.29, 0.717) is 0 Å². The van der Waals surface area contributed by atoms with Gasteiger partial charge in [-0.05, 0) is 16.7 Å². The largest absolute Gasteiger partial charge is 4.00 e. The number of carbonyl (C=O) groups is 3. The van der Waals surface area contributed by atoms with Crippen LogP contribution in [0.5, 0.6) is 0 Å². The average Bonchev–Trinajstić information content (AvgIpc) is 3.31. The van der Waals surface area contributed by atoms with Crippen molar-refractivity contribution in [2.45, 2.75) is 6.92 Å². The van der Waals surface area contributed by atoms with Crippen LogP contribution in [0.15, 0.2) is 127 Å². The summed E-state index contributed by atoms with van der Waals surface area (Å²) in [5, 5.41) is 33.0. The van der Waals surface area contributed by atoms with Gasteiger partial charge in [0.05, 0.1) is 17.9 Å². The molecule has 188 valence electrons. The van der Waals surface area contributed by atoms with E-state index in [-0.39, 0.29) is 38.4 Å². The molecular weight excluding hydrogens is 516 g/mol. The molecule has 5 aromatic rings. The SMILES string of the molecule is Cc1cc2ccccc2[cH-]1.O=C([O-])c1ccccc1.O=C([O-])c1ccccc1.O=C([O-])c1ccccc1.[Ti+4]. The summed E-state index contributed by atoms with van der Waals surface area (Å²) >= 11 is 0. The van der Waals surface area contributed by atoms with Crippen molar-refractivity contribution in [2.24, 2.45) is 0 Å². The van der Waals surface area contributed by atoms with E-state index < -0.39 is 17.9 Å². The summed E-state index contributed by atoms with van der Waals surface area (Å²) in [5.74, 6) is -3.39. The van der Waals surface area contributed by atoms with Crippen molar-refractivity contribution < 1.29 is 51.4 Å². The van der Waals surface area contributed by atoms with Gasteiger partial charge in [-0.1, -0.05) is 104 Å². The summed E-state index contributed by atoms with van der Waals surface area (Å²) in [7, 11) is 0. The summed E-state index contributed by atoms with van der Waals surface area (Å²) in [6, 6.07) is 37.0. The molecule has 0 fully saturated rings. The fraction of sp³-hybridized carbons (Fsp3) is 0.0323. The number of carboxylic acid groups (broad SMARTS) is 3. The van der Waals surface area contributed by atoms with E-state index in [4.69, 9.17) is 0 Å². The van der Waals surface area contributed by atoms with Gasteiger partial charge in [0.1, 0.15) is 0 Å². The molecule has 0 aromatic heterocycles. The molecule has 7 heteroatoms. The first-order valence-electron chi connectivity index (χ1n) is 11.2. The number of benzene rings is 4. The molecule has 6 nitrogen and oxygen atoms in total. The molecule has 5 aromatic carbocycles. The number of aromatic carboxylic acids is 3. The zero-order chi connectivity index (χ0) is 27.0. The smallest absolute Gasteiger partial charge is 0.545 e. The summed E-state index contributed by atoms with van der Waals surface area (Å²) in [6.45, 7) is 2.12. The first-order chi connectivity index (χ1) is 17.8. The predicted molar refractivity (Wildman–Crippen MR) is 137 cm³/mol. The second kappa shape index (κ2) is 17.1. The van der Waals surface area contributed by atoms with Gasteiger partial charge in [-0.3, -0.25) is 0 Å². The maximum Gasteiger partial charge on any atom is 4.00 e. The Morgan fingerprint density at radius 2 is 0.842 bits per heavy atom. The summed E-state index contributed by atoms with van der Waals surface area (Å²) in [6.07, 6.45) is 0. The van der Waals surface area contributed by atoms with Crippen LogP contribution in [0.2, 0.25) is 0 Å². The number of aryl methyl sites for hydroxylation is 1. The number of fused-ring (bicyclic) bond motifs is 1. The van der Waals surface area contributed by atoms with Gasteiger partial charge < -0.3 is 29.7 Å². The fourth-order valence-corrected chi connectivity index (χ4v) is 3.03. The van der Waals surface area contributed by atoms with Crippen molar-refractivity contribution in [1.29, 1.82) is 0 Å². The van der Waals surface area contributed by atoms with Crippen LogP contribution in [0, 0.1) is 6.92 Å². The Morgan fingerprint density at radius 3 is 1.13 bits per heavy atom. The molecule has 0 spiro atoms. The summed E-state index contributed by atoms with van der Waals surface area (Å²) in [5.41, 5.74) is 2.01. The van der Waals surface area contributed by atoms with Crippen molar-refractivity contribution in [1.82, 2.24) is 0 Å². The van der Waals surface area contributed by atoms with Crippen LogP contribution in [0.1, 0.15) is 36.6 Å². The van der Waals surface area contributed by atoms with E-state index in [9.17, 15) is 29.7 Å². The molecule has 0 unspecified atom stereocenters. The third kappa shape index (κ3) is 11.6. The molecule has 0 bridgehead atoms. The second-order valence-electron chi connectivity index (χ2n) is 7.62. The predicted octanol–water partition coefficient (Wildman–Crippen LogP) is 3.01. The van der Waals surface area contributed by atoms with Gasteiger partial charge in [0.25, 0.3) is 0 Å². The van der Waals surface area contributed by atoms with Crippen molar-refractivity contribution in [3.63, 3.8) is 0 Å². The summed E-state index contributed by atoms with van der Waals surface area (Å²) < 4.78 is 0. The number of carbonyl (C=O) groups excluding carboxylic acids is 3. The third-order valence-electron chi connectivity index (χ3n) is 4.79. The third-order valence-corrected chi connectivity index (χ3v) is 4.79. The van der Waals surface area contributed by atoms with Gasteiger partial charge in [0.15, 0.2) is 0 Å². The van der Waals surface area contributed by atoms with Crippen LogP contribution in [0.4, 0.5) is 0 Å². The van der Waals surface area contributed by atoms with E-state index in [2.05, 4.69) is 43.3 Å². The Balaban J connectivity index is 0.000000252. The van der Waals surface area contributed by atoms with Gasteiger partial charge in [0, 0.05) is 0 Å². The Labute approximate surface area is 236 Å². The number of carboxylic acids is 3. The quantitative estimate of drug-likeness (QED) is 0.256. The topological polar surface area (TPSA) is 120 Å². The zero-order valence-corrected chi connectivity index (χ0v) is 22.1. The Morgan fingerprint density at radius 1 is 0.526 bits per heavy atom. The van der Waals surface area contributed by atoms with Crippen LogP contribution in [-0.2, 0) is 21.7 Å². The molecule has 0 atom stereocenters. The minimum absolute atomic E-state index is 0. The van der Waals surface area contributed by atoms with E-state index in [0.717, 1.165) is 0 Å². The number of hydrogen-bond acceptors (Lipinski definition) is 6. The van der Waals surface area contributed by atoms with Crippen LogP contribution in [-0.4, -0.2) is 17.9 Å². The Hall–Kier alpha value is -4.39. The minimum atomic E-state index is -1.13.